The lowest BCUT2D eigenvalue weighted by atomic mass is 9.90. The van der Waals surface area contributed by atoms with E-state index in [1.165, 1.54) is 32.1 Å². The Morgan fingerprint density at radius 3 is 2.26 bits per heavy atom. The summed E-state index contributed by atoms with van der Waals surface area (Å²) in [5.41, 5.74) is 5.66. The summed E-state index contributed by atoms with van der Waals surface area (Å²) in [6.07, 6.45) is 8.38. The Morgan fingerprint density at radius 1 is 1.26 bits per heavy atom. The van der Waals surface area contributed by atoms with Crippen LogP contribution in [0.5, 0.6) is 0 Å². The molecule has 0 radical (unpaired) electrons. The first-order valence-corrected chi connectivity index (χ1v) is 8.05. The van der Waals surface area contributed by atoms with Gasteiger partial charge >= 0.3 is 0 Å². The van der Waals surface area contributed by atoms with Gasteiger partial charge in [-0.25, -0.2) is 0 Å². The number of nitrogens with two attached hydrogens (primary N) is 1. The lowest BCUT2D eigenvalue weighted by Crippen LogP contribution is -2.41. The Morgan fingerprint density at radius 2 is 1.79 bits per heavy atom. The molecule has 19 heavy (non-hydrogen) atoms. The lowest BCUT2D eigenvalue weighted by Gasteiger charge is -2.29. The number of carbonyl (C=O) groups is 1. The van der Waals surface area contributed by atoms with Crippen LogP contribution >= 0.6 is 12.2 Å². The number of amides is 1. The van der Waals surface area contributed by atoms with Crippen LogP contribution in [0.1, 0.15) is 58.8 Å². The minimum absolute atomic E-state index is 0.104. The molecule has 110 valence electrons. The monoisotopic (exact) mass is 284 g/mol. The van der Waals surface area contributed by atoms with Crippen molar-refractivity contribution >= 4 is 23.1 Å². The van der Waals surface area contributed by atoms with Crippen molar-refractivity contribution in [1.29, 1.82) is 0 Å². The number of hydrogen-bond donors (Lipinski definition) is 1. The van der Waals surface area contributed by atoms with E-state index in [9.17, 15) is 4.79 Å². The van der Waals surface area contributed by atoms with E-state index in [0.717, 1.165) is 19.4 Å². The smallest absolute Gasteiger partial charge is 0.225 e. The Hall–Kier alpha value is -0.640. The topological polar surface area (TPSA) is 46.3 Å². The summed E-state index contributed by atoms with van der Waals surface area (Å²) >= 11 is 5.01. The van der Waals surface area contributed by atoms with Gasteiger partial charge in [-0.3, -0.25) is 4.79 Å². The zero-order chi connectivity index (χ0) is 14.3. The van der Waals surface area contributed by atoms with E-state index in [2.05, 4.69) is 0 Å². The van der Waals surface area contributed by atoms with Gasteiger partial charge in [0.2, 0.25) is 5.91 Å². The second kappa shape index (κ2) is 8.51. The summed E-state index contributed by atoms with van der Waals surface area (Å²) in [5, 5.41) is 0. The Kier molecular flexibility index (Phi) is 7.36. The van der Waals surface area contributed by atoms with Crippen LogP contribution < -0.4 is 5.73 Å². The van der Waals surface area contributed by atoms with Crippen LogP contribution in [0.25, 0.3) is 0 Å². The maximum absolute atomic E-state index is 12.6. The second-order valence-corrected chi connectivity index (χ2v) is 6.19. The molecule has 0 spiro atoms. The van der Waals surface area contributed by atoms with E-state index in [1.54, 1.807) is 0 Å². The average molecular weight is 284 g/mol. The Balaban J connectivity index is 2.57. The molecule has 0 bridgehead atoms. The maximum atomic E-state index is 12.6. The number of nitrogens with zero attached hydrogens (tertiary/aromatic N) is 1. The van der Waals surface area contributed by atoms with Crippen molar-refractivity contribution in [3.63, 3.8) is 0 Å². The average Bonchev–Trinajstić information content (AvgIpc) is 2.34. The summed E-state index contributed by atoms with van der Waals surface area (Å²) in [7, 11) is 0. The Bertz CT molecular complexity index is 299. The molecule has 1 rings (SSSR count). The fourth-order valence-electron chi connectivity index (χ4n) is 2.76. The quantitative estimate of drug-likeness (QED) is 0.789. The standard InChI is InChI=1S/C15H28N2OS/c1-3-17(11-12(2)14(16)19)15(18)13-9-7-5-4-6-8-10-13/h12-13H,3-11H2,1-2H3,(H2,16,19). The van der Waals surface area contributed by atoms with Crippen molar-refractivity contribution in [1.82, 2.24) is 4.90 Å². The van der Waals surface area contributed by atoms with Crippen LogP contribution in [0.4, 0.5) is 0 Å². The van der Waals surface area contributed by atoms with Crippen molar-refractivity contribution in [2.75, 3.05) is 13.1 Å². The van der Waals surface area contributed by atoms with Crippen LogP contribution in [0.2, 0.25) is 0 Å². The molecule has 0 aromatic carbocycles. The predicted octanol–water partition coefficient (Wildman–Crippen LogP) is 3.12. The van der Waals surface area contributed by atoms with Gasteiger partial charge in [-0.15, -0.1) is 0 Å². The van der Waals surface area contributed by atoms with Gasteiger partial charge in [0, 0.05) is 24.9 Å². The SMILES string of the molecule is CCN(CC(C)C(N)=S)C(=O)C1CCCCCCC1. The summed E-state index contributed by atoms with van der Waals surface area (Å²) in [6.45, 7) is 5.45. The van der Waals surface area contributed by atoms with Crippen LogP contribution in [0, 0.1) is 11.8 Å². The van der Waals surface area contributed by atoms with E-state index < -0.39 is 0 Å². The maximum Gasteiger partial charge on any atom is 0.225 e. The van der Waals surface area contributed by atoms with E-state index >= 15 is 0 Å². The normalized spacial score (nSPS) is 19.3. The van der Waals surface area contributed by atoms with Crippen molar-refractivity contribution in [3.05, 3.63) is 0 Å². The molecule has 2 N–H and O–H groups in total. The molecule has 4 heteroatoms. The molecule has 3 nitrogen and oxygen atoms in total. The molecule has 0 heterocycles. The van der Waals surface area contributed by atoms with E-state index in [1.807, 2.05) is 18.7 Å². The molecule has 1 fully saturated rings. The van der Waals surface area contributed by atoms with E-state index in [4.69, 9.17) is 18.0 Å². The molecule has 1 aliphatic carbocycles. The highest BCUT2D eigenvalue weighted by molar-refractivity contribution is 7.80. The predicted molar refractivity (Wildman–Crippen MR) is 84.0 cm³/mol. The summed E-state index contributed by atoms with van der Waals surface area (Å²) in [4.78, 5) is 15.0. The summed E-state index contributed by atoms with van der Waals surface area (Å²) in [6, 6.07) is 0. The van der Waals surface area contributed by atoms with E-state index in [0.29, 0.717) is 17.4 Å². The van der Waals surface area contributed by atoms with Gasteiger partial charge in [0.1, 0.15) is 0 Å². The molecule has 1 unspecified atom stereocenters. The van der Waals surface area contributed by atoms with Gasteiger partial charge < -0.3 is 10.6 Å². The van der Waals surface area contributed by atoms with Gasteiger partial charge in [0.05, 0.1) is 4.99 Å². The van der Waals surface area contributed by atoms with Crippen molar-refractivity contribution < 1.29 is 4.79 Å². The molecule has 1 saturated carbocycles. The first-order valence-electron chi connectivity index (χ1n) is 7.64. The van der Waals surface area contributed by atoms with Gasteiger partial charge in [0.25, 0.3) is 0 Å². The molecule has 1 amide bonds. The molecule has 0 aliphatic heterocycles. The number of rotatable bonds is 5. The highest BCUT2D eigenvalue weighted by atomic mass is 32.1. The molecule has 0 aromatic heterocycles. The Labute approximate surface area is 122 Å². The minimum Gasteiger partial charge on any atom is -0.393 e. The molecule has 0 saturated heterocycles. The second-order valence-electron chi connectivity index (χ2n) is 5.72. The van der Waals surface area contributed by atoms with Gasteiger partial charge in [0.15, 0.2) is 0 Å². The van der Waals surface area contributed by atoms with Gasteiger partial charge in [-0.2, -0.15) is 0 Å². The first kappa shape index (κ1) is 16.4. The number of thiocarbonyl (C=S) groups is 1. The molecular weight excluding hydrogens is 256 g/mol. The molecular formula is C15H28N2OS. The van der Waals surface area contributed by atoms with Crippen LogP contribution in [0.15, 0.2) is 0 Å². The first-order chi connectivity index (χ1) is 9.06. The molecule has 0 aromatic rings. The number of carbonyl (C=O) groups excluding carboxylic acids is 1. The van der Waals surface area contributed by atoms with Crippen molar-refractivity contribution in [2.24, 2.45) is 17.6 Å². The molecule has 1 aliphatic rings. The van der Waals surface area contributed by atoms with Crippen LogP contribution in [0.3, 0.4) is 0 Å². The van der Waals surface area contributed by atoms with Crippen molar-refractivity contribution in [3.8, 4) is 0 Å². The highest BCUT2D eigenvalue weighted by Gasteiger charge is 2.25. The number of hydrogen-bond acceptors (Lipinski definition) is 2. The third kappa shape index (κ3) is 5.47. The zero-order valence-electron chi connectivity index (χ0n) is 12.4. The van der Waals surface area contributed by atoms with Gasteiger partial charge in [-0.1, -0.05) is 51.2 Å². The van der Waals surface area contributed by atoms with Crippen LogP contribution in [-0.4, -0.2) is 28.9 Å². The summed E-state index contributed by atoms with van der Waals surface area (Å²) in [5.74, 6) is 0.638. The fraction of sp³-hybridized carbons (Fsp3) is 0.867. The minimum atomic E-state index is 0.104. The summed E-state index contributed by atoms with van der Waals surface area (Å²) < 4.78 is 0. The van der Waals surface area contributed by atoms with E-state index in [-0.39, 0.29) is 11.8 Å². The van der Waals surface area contributed by atoms with Gasteiger partial charge in [-0.05, 0) is 19.8 Å². The zero-order valence-corrected chi connectivity index (χ0v) is 13.2. The van der Waals surface area contributed by atoms with Crippen molar-refractivity contribution in [2.45, 2.75) is 58.8 Å². The highest BCUT2D eigenvalue weighted by Crippen LogP contribution is 2.24. The largest absolute Gasteiger partial charge is 0.393 e. The lowest BCUT2D eigenvalue weighted by molar-refractivity contribution is -0.136. The third-order valence-corrected chi connectivity index (χ3v) is 4.53. The molecule has 1 atom stereocenters. The van der Waals surface area contributed by atoms with Crippen LogP contribution in [-0.2, 0) is 4.79 Å². The fourth-order valence-corrected chi connectivity index (χ4v) is 2.83. The third-order valence-electron chi connectivity index (χ3n) is 4.13.